The summed E-state index contributed by atoms with van der Waals surface area (Å²) in [6, 6.07) is 7.05. The summed E-state index contributed by atoms with van der Waals surface area (Å²) in [7, 11) is -4.04. The summed E-state index contributed by atoms with van der Waals surface area (Å²) < 4.78 is 67.9. The summed E-state index contributed by atoms with van der Waals surface area (Å²) >= 11 is 0. The van der Waals surface area contributed by atoms with E-state index in [1.54, 1.807) is 13.8 Å². The maximum atomic E-state index is 14.6. The van der Waals surface area contributed by atoms with E-state index in [9.17, 15) is 36.4 Å². The second-order valence-corrected chi connectivity index (χ2v) is 18.0. The monoisotopic (exact) mass is 804 g/mol. The molecule has 2 aromatic heterocycles. The van der Waals surface area contributed by atoms with Crippen LogP contribution in [0.5, 0.6) is 5.88 Å². The van der Waals surface area contributed by atoms with Crippen LogP contribution in [0.25, 0.3) is 21.7 Å². The highest BCUT2D eigenvalue weighted by Crippen LogP contribution is 2.47. The Kier molecular flexibility index (Phi) is 9.77. The SMILES string of the molecule is Cc1cc(C(=O)N[C@H]2CCCCC/C=C\[C@@H]3C[C@@]3(C(=O)NS(=O)(=O)C3(C)CC3)NC(=O)[C@@H]3C[C@@H](Oc4nc5cc(F)ccc5c5cc(F)ccc45)CN3C2=O)no1. The van der Waals surface area contributed by atoms with E-state index in [0.717, 1.165) is 6.42 Å². The Bertz CT molecular complexity index is 2450. The summed E-state index contributed by atoms with van der Waals surface area (Å²) in [5, 5.41) is 10.7. The number of hydrogen-bond donors (Lipinski definition) is 3. The minimum atomic E-state index is -4.04. The third-order valence-corrected chi connectivity index (χ3v) is 13.8. The van der Waals surface area contributed by atoms with Crippen LogP contribution < -0.4 is 20.1 Å². The smallest absolute Gasteiger partial charge is 0.274 e. The normalized spacial score (nSPS) is 26.7. The summed E-state index contributed by atoms with van der Waals surface area (Å²) in [5.74, 6) is -3.98. The molecule has 3 fully saturated rings. The summed E-state index contributed by atoms with van der Waals surface area (Å²) in [5.41, 5.74) is -1.42. The van der Waals surface area contributed by atoms with Gasteiger partial charge in [-0.15, -0.1) is 0 Å². The third-order valence-electron chi connectivity index (χ3n) is 11.6. The van der Waals surface area contributed by atoms with Crippen molar-refractivity contribution in [1.29, 1.82) is 0 Å². The molecule has 3 N–H and O–H groups in total. The number of halogens is 2. The number of rotatable bonds is 7. The lowest BCUT2D eigenvalue weighted by molar-refractivity contribution is -0.141. The third kappa shape index (κ3) is 7.44. The number of allylic oxidation sites excluding steroid dienone is 1. The first-order valence-electron chi connectivity index (χ1n) is 19.1. The Hall–Kier alpha value is -5.45. The van der Waals surface area contributed by atoms with Crippen molar-refractivity contribution >= 4 is 55.3 Å². The molecule has 4 aliphatic rings. The molecule has 4 aromatic rings. The molecule has 0 unspecified atom stereocenters. The molecular weight excluding hydrogens is 763 g/mol. The van der Waals surface area contributed by atoms with Gasteiger partial charge >= 0.3 is 0 Å². The fourth-order valence-electron chi connectivity index (χ4n) is 7.82. The fraction of sp³-hybridized carbons (Fsp3) is 0.450. The van der Waals surface area contributed by atoms with E-state index in [1.165, 1.54) is 47.4 Å². The lowest BCUT2D eigenvalue weighted by atomic mass is 10.0. The summed E-state index contributed by atoms with van der Waals surface area (Å²) in [6.45, 7) is 3.02. The highest BCUT2D eigenvalue weighted by molar-refractivity contribution is 7.91. The van der Waals surface area contributed by atoms with Gasteiger partial charge in [0.25, 0.3) is 11.8 Å². The van der Waals surface area contributed by atoms with E-state index < -0.39 is 79.7 Å². The quantitative estimate of drug-likeness (QED) is 0.177. The lowest BCUT2D eigenvalue weighted by Gasteiger charge is -2.30. The van der Waals surface area contributed by atoms with Crippen molar-refractivity contribution in [2.45, 2.75) is 100 Å². The van der Waals surface area contributed by atoms with Crippen molar-refractivity contribution in [3.8, 4) is 5.88 Å². The van der Waals surface area contributed by atoms with Crippen LogP contribution in [0.1, 0.15) is 81.0 Å². The van der Waals surface area contributed by atoms with Crippen molar-refractivity contribution in [3.63, 3.8) is 0 Å². The van der Waals surface area contributed by atoms with Crippen LogP contribution in [0.3, 0.4) is 0 Å². The number of benzene rings is 2. The molecule has 5 atom stereocenters. The van der Waals surface area contributed by atoms with Gasteiger partial charge in [0, 0.05) is 35.2 Å². The van der Waals surface area contributed by atoms with Gasteiger partial charge in [-0.1, -0.05) is 30.2 Å². The van der Waals surface area contributed by atoms with Crippen molar-refractivity contribution in [1.82, 2.24) is 30.4 Å². The average molecular weight is 805 g/mol. The molecule has 17 heteroatoms. The van der Waals surface area contributed by atoms with Gasteiger partial charge in [0.05, 0.1) is 16.8 Å². The molecule has 2 aromatic carbocycles. The van der Waals surface area contributed by atoms with E-state index >= 15 is 0 Å². The van der Waals surface area contributed by atoms with E-state index in [2.05, 4.69) is 25.5 Å². The largest absolute Gasteiger partial charge is 0.472 e. The number of hydrogen-bond acceptors (Lipinski definition) is 10. The Labute approximate surface area is 326 Å². The zero-order valence-corrected chi connectivity index (χ0v) is 32.2. The van der Waals surface area contributed by atoms with Crippen LogP contribution in [-0.4, -0.2) is 82.1 Å². The number of fused-ring (bicyclic) bond motifs is 5. The van der Waals surface area contributed by atoms with Crippen LogP contribution in [0.2, 0.25) is 0 Å². The van der Waals surface area contributed by atoms with Gasteiger partial charge in [0.2, 0.25) is 27.7 Å². The molecular formula is C40H42F2N6O8S. The second kappa shape index (κ2) is 14.5. The molecule has 2 saturated carbocycles. The highest BCUT2D eigenvalue weighted by atomic mass is 32.2. The molecule has 4 heterocycles. The maximum Gasteiger partial charge on any atom is 0.274 e. The van der Waals surface area contributed by atoms with Crippen LogP contribution >= 0.6 is 0 Å². The summed E-state index contributed by atoms with van der Waals surface area (Å²) in [6.07, 6.45) is 6.56. The predicted molar refractivity (Wildman–Crippen MR) is 202 cm³/mol. The molecule has 0 bridgehead atoms. The van der Waals surface area contributed by atoms with Gasteiger partial charge in [0.15, 0.2) is 5.69 Å². The minimum Gasteiger partial charge on any atom is -0.472 e. The van der Waals surface area contributed by atoms with Gasteiger partial charge in [-0.3, -0.25) is 23.9 Å². The minimum absolute atomic E-state index is 0.0249. The van der Waals surface area contributed by atoms with Gasteiger partial charge in [-0.05, 0) is 88.1 Å². The molecule has 300 valence electrons. The van der Waals surface area contributed by atoms with Crippen LogP contribution in [0.4, 0.5) is 8.78 Å². The lowest BCUT2D eigenvalue weighted by Crippen LogP contribution is -2.58. The second-order valence-electron chi connectivity index (χ2n) is 15.8. The number of aryl methyl sites for hydroxylation is 1. The topological polar surface area (TPSA) is 190 Å². The van der Waals surface area contributed by atoms with Crippen molar-refractivity contribution in [2.75, 3.05) is 6.54 Å². The molecule has 2 aliphatic carbocycles. The number of amides is 4. The Balaban J connectivity index is 1.14. The number of sulfonamides is 1. The number of nitrogens with one attached hydrogen (secondary N) is 3. The first-order chi connectivity index (χ1) is 27.2. The van der Waals surface area contributed by atoms with Crippen molar-refractivity contribution in [2.24, 2.45) is 5.92 Å². The molecule has 1 saturated heterocycles. The van der Waals surface area contributed by atoms with E-state index in [0.29, 0.717) is 54.0 Å². The zero-order valence-electron chi connectivity index (χ0n) is 31.3. The molecule has 8 rings (SSSR count). The van der Waals surface area contributed by atoms with Crippen LogP contribution in [0.15, 0.2) is 59.1 Å². The predicted octanol–water partition coefficient (Wildman–Crippen LogP) is 4.50. The standard InChI is InChI=1S/C40H42F2N6O8S/c1-22-16-32(46-56-22)34(49)43-30-9-7-5-3-4-6-8-23-20-40(23,38(52)47-57(53,54)39(2)14-15-39)45-35(50)33-19-26(21-48(33)37(30)51)55-36-28-13-11-24(41)17-29(28)27-12-10-25(42)18-31(27)44-36/h6,8,10-13,16-18,23,26,30,33H,3-5,7,9,14-15,19-21H2,1-2H3,(H,43,49)(H,45,50)(H,47,52)/b8-6-/t23-,26-,30+,33+,40-/m1/s1. The van der Waals surface area contributed by atoms with Gasteiger partial charge < -0.3 is 24.8 Å². The van der Waals surface area contributed by atoms with Gasteiger partial charge in [-0.25, -0.2) is 22.2 Å². The van der Waals surface area contributed by atoms with E-state index in [1.807, 2.05) is 12.2 Å². The molecule has 14 nitrogen and oxygen atoms in total. The van der Waals surface area contributed by atoms with Crippen molar-refractivity contribution in [3.05, 3.63) is 77.7 Å². The molecule has 0 radical (unpaired) electrons. The number of aromatic nitrogens is 2. The van der Waals surface area contributed by atoms with Gasteiger partial charge in [0.1, 0.15) is 41.1 Å². The molecule has 4 amide bonds. The number of carbonyl (C=O) groups is 4. The van der Waals surface area contributed by atoms with Crippen LogP contribution in [-0.2, 0) is 24.4 Å². The maximum absolute atomic E-state index is 14.6. The van der Waals surface area contributed by atoms with E-state index in [4.69, 9.17) is 9.26 Å². The first-order valence-corrected chi connectivity index (χ1v) is 20.6. The fourth-order valence-corrected chi connectivity index (χ4v) is 9.13. The number of carbonyl (C=O) groups excluding carboxylic acids is 4. The van der Waals surface area contributed by atoms with Crippen molar-refractivity contribution < 1.29 is 45.6 Å². The number of ether oxygens (including phenoxy) is 1. The first kappa shape index (κ1) is 38.4. The van der Waals surface area contributed by atoms with Crippen LogP contribution in [0, 0.1) is 24.5 Å². The summed E-state index contributed by atoms with van der Waals surface area (Å²) in [4.78, 5) is 62.1. The Morgan fingerprint density at radius 3 is 2.51 bits per heavy atom. The zero-order chi connectivity index (χ0) is 40.3. The highest BCUT2D eigenvalue weighted by Gasteiger charge is 2.63. The van der Waals surface area contributed by atoms with Gasteiger partial charge in [-0.2, -0.15) is 0 Å². The van der Waals surface area contributed by atoms with E-state index in [-0.39, 0.29) is 42.9 Å². The molecule has 2 aliphatic heterocycles. The number of nitrogens with zero attached hydrogens (tertiary/aromatic N) is 3. The molecule has 0 spiro atoms. The Morgan fingerprint density at radius 1 is 1.02 bits per heavy atom. The Morgan fingerprint density at radius 2 is 1.77 bits per heavy atom. The molecule has 57 heavy (non-hydrogen) atoms. The number of pyridine rings is 1. The average Bonchev–Trinajstić information content (AvgIpc) is 3.96.